The number of nitriles is 1. The number of carbonyl (C=O) groups is 2. The fourth-order valence-electron chi connectivity index (χ4n) is 2.80. The molecule has 0 aliphatic carbocycles. The Morgan fingerprint density at radius 1 is 1.16 bits per heavy atom. The van der Waals surface area contributed by atoms with E-state index in [1.807, 2.05) is 19.1 Å². The van der Waals surface area contributed by atoms with Gasteiger partial charge >= 0.3 is 5.97 Å². The van der Waals surface area contributed by atoms with Gasteiger partial charge in [0.15, 0.2) is 0 Å². The number of anilines is 1. The molecular formula is C25H21ClN2O4. The minimum Gasteiger partial charge on any atom is -0.462 e. The minimum absolute atomic E-state index is 0.125. The smallest absolute Gasteiger partial charge is 0.338 e. The maximum atomic E-state index is 12.5. The molecule has 0 fully saturated rings. The third kappa shape index (κ3) is 6.10. The number of nitrogens with one attached hydrogen (secondary N) is 1. The lowest BCUT2D eigenvalue weighted by atomic mass is 10.2. The van der Waals surface area contributed by atoms with Crippen LogP contribution in [0.25, 0.3) is 17.4 Å². The van der Waals surface area contributed by atoms with Gasteiger partial charge in [0.25, 0.3) is 5.91 Å². The molecule has 0 spiro atoms. The first kappa shape index (κ1) is 22.9. The van der Waals surface area contributed by atoms with Crippen molar-refractivity contribution >= 4 is 35.2 Å². The number of unbranched alkanes of at least 4 members (excludes halogenated alkanes) is 1. The second-order valence-electron chi connectivity index (χ2n) is 6.90. The van der Waals surface area contributed by atoms with E-state index in [0.717, 1.165) is 18.4 Å². The Hall–Kier alpha value is -3.82. The Morgan fingerprint density at radius 2 is 1.94 bits per heavy atom. The van der Waals surface area contributed by atoms with Crippen LogP contribution >= 0.6 is 11.6 Å². The van der Waals surface area contributed by atoms with Crippen LogP contribution in [0.2, 0.25) is 5.02 Å². The molecule has 1 heterocycles. The number of esters is 1. The summed E-state index contributed by atoms with van der Waals surface area (Å²) >= 11 is 6.01. The molecule has 0 bridgehead atoms. The van der Waals surface area contributed by atoms with E-state index in [1.54, 1.807) is 54.6 Å². The highest BCUT2D eigenvalue weighted by molar-refractivity contribution is 6.30. The summed E-state index contributed by atoms with van der Waals surface area (Å²) in [5.74, 6) is -0.0801. The van der Waals surface area contributed by atoms with E-state index >= 15 is 0 Å². The van der Waals surface area contributed by atoms with E-state index in [4.69, 9.17) is 20.8 Å². The second-order valence-corrected chi connectivity index (χ2v) is 7.34. The van der Waals surface area contributed by atoms with E-state index in [2.05, 4.69) is 5.32 Å². The monoisotopic (exact) mass is 448 g/mol. The normalized spacial score (nSPS) is 11.0. The van der Waals surface area contributed by atoms with E-state index in [-0.39, 0.29) is 5.57 Å². The van der Waals surface area contributed by atoms with Crippen LogP contribution in [0.4, 0.5) is 5.69 Å². The van der Waals surface area contributed by atoms with Crippen LogP contribution in [0.5, 0.6) is 0 Å². The zero-order valence-corrected chi connectivity index (χ0v) is 18.2. The summed E-state index contributed by atoms with van der Waals surface area (Å²) in [6, 6.07) is 18.7. The molecule has 7 heteroatoms. The molecule has 0 atom stereocenters. The molecule has 0 saturated carbocycles. The van der Waals surface area contributed by atoms with Crippen molar-refractivity contribution in [2.75, 3.05) is 11.9 Å². The number of carbonyl (C=O) groups excluding carboxylic acids is 2. The number of nitrogens with zero attached hydrogens (tertiary/aromatic N) is 1. The molecule has 162 valence electrons. The van der Waals surface area contributed by atoms with Crippen molar-refractivity contribution in [2.24, 2.45) is 0 Å². The number of benzene rings is 2. The number of halogens is 1. The summed E-state index contributed by atoms with van der Waals surface area (Å²) in [5.41, 5.74) is 1.49. The fraction of sp³-hybridized carbons (Fsp3) is 0.160. The van der Waals surface area contributed by atoms with E-state index < -0.39 is 11.9 Å². The van der Waals surface area contributed by atoms with Gasteiger partial charge in [0.1, 0.15) is 23.2 Å². The average Bonchev–Trinajstić information content (AvgIpc) is 3.27. The first-order valence-electron chi connectivity index (χ1n) is 10.1. The van der Waals surface area contributed by atoms with Crippen LogP contribution in [-0.4, -0.2) is 18.5 Å². The summed E-state index contributed by atoms with van der Waals surface area (Å²) < 4.78 is 10.9. The zero-order chi connectivity index (χ0) is 22.9. The number of rotatable bonds is 8. The van der Waals surface area contributed by atoms with Gasteiger partial charge in [-0.25, -0.2) is 4.79 Å². The molecule has 1 amide bonds. The van der Waals surface area contributed by atoms with Gasteiger partial charge in [0.05, 0.1) is 12.2 Å². The summed E-state index contributed by atoms with van der Waals surface area (Å²) in [7, 11) is 0. The van der Waals surface area contributed by atoms with Crippen LogP contribution < -0.4 is 5.32 Å². The number of amides is 1. The van der Waals surface area contributed by atoms with Crippen LogP contribution in [0.3, 0.4) is 0 Å². The average molecular weight is 449 g/mol. The molecule has 32 heavy (non-hydrogen) atoms. The topological polar surface area (TPSA) is 92.3 Å². The van der Waals surface area contributed by atoms with Gasteiger partial charge in [-0.3, -0.25) is 4.79 Å². The number of hydrogen-bond acceptors (Lipinski definition) is 5. The quantitative estimate of drug-likeness (QED) is 0.194. The summed E-state index contributed by atoms with van der Waals surface area (Å²) in [6.45, 7) is 2.38. The minimum atomic E-state index is -0.591. The maximum absolute atomic E-state index is 12.5. The SMILES string of the molecule is CCCCOC(=O)c1ccc(NC(=O)C(C#N)=Cc2ccc(-c3cccc(Cl)c3)o2)cc1. The largest absolute Gasteiger partial charge is 0.462 e. The number of ether oxygens (including phenoxy) is 1. The maximum Gasteiger partial charge on any atom is 0.338 e. The van der Waals surface area contributed by atoms with Crippen molar-refractivity contribution in [3.05, 3.63) is 82.6 Å². The Balaban J connectivity index is 1.67. The number of furan rings is 1. The Kier molecular flexibility index (Phi) is 7.85. The van der Waals surface area contributed by atoms with Gasteiger partial charge in [0.2, 0.25) is 0 Å². The molecule has 3 rings (SSSR count). The first-order valence-corrected chi connectivity index (χ1v) is 10.4. The van der Waals surface area contributed by atoms with Gasteiger partial charge in [-0.2, -0.15) is 5.26 Å². The van der Waals surface area contributed by atoms with E-state index in [0.29, 0.717) is 34.4 Å². The lowest BCUT2D eigenvalue weighted by molar-refractivity contribution is -0.112. The molecule has 3 aromatic rings. The van der Waals surface area contributed by atoms with Crippen LogP contribution in [0.1, 0.15) is 35.9 Å². The van der Waals surface area contributed by atoms with Gasteiger partial charge in [-0.05, 0) is 55.0 Å². The first-order chi connectivity index (χ1) is 15.5. The van der Waals surface area contributed by atoms with Gasteiger partial charge in [-0.1, -0.05) is 37.1 Å². The highest BCUT2D eigenvalue weighted by Gasteiger charge is 2.13. The van der Waals surface area contributed by atoms with Crippen molar-refractivity contribution in [3.63, 3.8) is 0 Å². The molecule has 0 unspecified atom stereocenters. The second kappa shape index (κ2) is 11.0. The molecule has 0 saturated heterocycles. The predicted molar refractivity (Wildman–Crippen MR) is 123 cm³/mol. The van der Waals surface area contributed by atoms with Crippen LogP contribution in [-0.2, 0) is 9.53 Å². The van der Waals surface area contributed by atoms with E-state index in [1.165, 1.54) is 6.08 Å². The molecule has 6 nitrogen and oxygen atoms in total. The lowest BCUT2D eigenvalue weighted by Gasteiger charge is -2.06. The summed E-state index contributed by atoms with van der Waals surface area (Å²) in [4.78, 5) is 24.5. The third-order valence-corrected chi connectivity index (χ3v) is 4.73. The zero-order valence-electron chi connectivity index (χ0n) is 17.4. The Bertz CT molecular complexity index is 1170. The van der Waals surface area contributed by atoms with E-state index in [9.17, 15) is 14.9 Å². The third-order valence-electron chi connectivity index (χ3n) is 4.50. The Morgan fingerprint density at radius 3 is 2.62 bits per heavy atom. The molecule has 1 N–H and O–H groups in total. The Labute approximate surface area is 191 Å². The van der Waals surface area contributed by atoms with Crippen LogP contribution in [0, 0.1) is 11.3 Å². The van der Waals surface area contributed by atoms with Crippen molar-refractivity contribution in [1.82, 2.24) is 0 Å². The van der Waals surface area contributed by atoms with Gasteiger partial charge in [-0.15, -0.1) is 0 Å². The van der Waals surface area contributed by atoms with Gasteiger partial charge in [0, 0.05) is 22.3 Å². The summed E-state index contributed by atoms with van der Waals surface area (Å²) in [5, 5.41) is 12.6. The highest BCUT2D eigenvalue weighted by Crippen LogP contribution is 2.26. The van der Waals surface area contributed by atoms with Crippen molar-refractivity contribution in [1.29, 1.82) is 5.26 Å². The molecule has 0 radical (unpaired) electrons. The fourth-order valence-corrected chi connectivity index (χ4v) is 2.99. The molecular weight excluding hydrogens is 428 g/mol. The molecule has 2 aromatic carbocycles. The van der Waals surface area contributed by atoms with Crippen molar-refractivity contribution in [2.45, 2.75) is 19.8 Å². The van der Waals surface area contributed by atoms with Gasteiger partial charge < -0.3 is 14.5 Å². The lowest BCUT2D eigenvalue weighted by Crippen LogP contribution is -2.13. The predicted octanol–water partition coefficient (Wildman–Crippen LogP) is 6.10. The molecule has 0 aliphatic heterocycles. The molecule has 0 aliphatic rings. The van der Waals surface area contributed by atoms with Crippen molar-refractivity contribution < 1.29 is 18.7 Å². The number of hydrogen-bond donors (Lipinski definition) is 1. The van der Waals surface area contributed by atoms with Crippen LogP contribution in [0.15, 0.2) is 70.7 Å². The summed E-state index contributed by atoms with van der Waals surface area (Å²) in [6.07, 6.45) is 3.11. The highest BCUT2D eigenvalue weighted by atomic mass is 35.5. The molecule has 1 aromatic heterocycles. The standard InChI is InChI=1S/C25H21ClN2O4/c1-2-3-13-31-25(30)17-7-9-21(10-8-17)28-24(29)19(16-27)15-22-11-12-23(32-22)18-5-4-6-20(26)14-18/h4-12,14-15H,2-3,13H2,1H3,(H,28,29). The van der Waals surface area contributed by atoms with Crippen molar-refractivity contribution in [3.8, 4) is 17.4 Å².